The van der Waals surface area contributed by atoms with Crippen LogP contribution in [0.3, 0.4) is 0 Å². The molecule has 31 heavy (non-hydrogen) atoms. The molecule has 0 atom stereocenters. The van der Waals surface area contributed by atoms with Crippen molar-refractivity contribution in [3.63, 3.8) is 0 Å². The molecule has 0 saturated heterocycles. The van der Waals surface area contributed by atoms with Crippen molar-refractivity contribution in [1.82, 2.24) is 14.5 Å². The van der Waals surface area contributed by atoms with E-state index in [4.69, 9.17) is 4.98 Å². The molecule has 0 unspecified atom stereocenters. The molecule has 1 aliphatic carbocycles. The molecule has 2 heterocycles. The average Bonchev–Trinajstić information content (AvgIpc) is 3.32. The van der Waals surface area contributed by atoms with Crippen molar-refractivity contribution < 1.29 is 4.79 Å². The summed E-state index contributed by atoms with van der Waals surface area (Å²) in [6.45, 7) is 2.32. The third-order valence-electron chi connectivity index (χ3n) is 6.27. The first-order valence-electron chi connectivity index (χ1n) is 11.3. The van der Waals surface area contributed by atoms with Crippen molar-refractivity contribution in [3.05, 3.63) is 53.9 Å². The van der Waals surface area contributed by atoms with Gasteiger partial charge in [-0.05, 0) is 55.7 Å². The van der Waals surface area contributed by atoms with Crippen molar-refractivity contribution >= 4 is 43.5 Å². The van der Waals surface area contributed by atoms with Crippen molar-refractivity contribution in [3.8, 4) is 0 Å². The second-order valence-corrected chi connectivity index (χ2v) is 9.67. The van der Waals surface area contributed by atoms with Crippen LogP contribution in [0.4, 0.5) is 5.13 Å². The Morgan fingerprint density at radius 2 is 1.84 bits per heavy atom. The lowest BCUT2D eigenvalue weighted by Crippen LogP contribution is -2.20. The highest BCUT2D eigenvalue weighted by Crippen LogP contribution is 2.30. The summed E-state index contributed by atoms with van der Waals surface area (Å²) in [5, 5.41) is 4.74. The summed E-state index contributed by atoms with van der Waals surface area (Å²) in [6, 6.07) is 12.7. The Morgan fingerprint density at radius 1 is 1.06 bits per heavy atom. The Balaban J connectivity index is 1.36. The highest BCUT2D eigenvalue weighted by Gasteiger charge is 2.14. The largest absolute Gasteiger partial charge is 0.359 e. The minimum atomic E-state index is 0.0741. The average molecular weight is 433 g/mol. The summed E-state index contributed by atoms with van der Waals surface area (Å²) in [6.07, 6.45) is 11.1. The smallest absolute Gasteiger partial charge is 0.184 e. The Hall–Kier alpha value is -2.73. The predicted molar refractivity (Wildman–Crippen MR) is 128 cm³/mol. The molecule has 0 bridgehead atoms. The molecule has 5 nitrogen and oxygen atoms in total. The van der Waals surface area contributed by atoms with Gasteiger partial charge in [0.2, 0.25) is 0 Å². The molecule has 0 aliphatic heterocycles. The molecule has 6 heteroatoms. The maximum atomic E-state index is 11.8. The van der Waals surface area contributed by atoms with E-state index in [2.05, 4.69) is 33.1 Å². The monoisotopic (exact) mass is 432 g/mol. The van der Waals surface area contributed by atoms with Gasteiger partial charge >= 0.3 is 0 Å². The van der Waals surface area contributed by atoms with Gasteiger partial charge in [-0.15, -0.1) is 0 Å². The Kier molecular flexibility index (Phi) is 5.72. The number of anilines is 1. The number of nitrogens with zero attached hydrogens (tertiary/aromatic N) is 3. The number of hydrogen-bond donors (Lipinski definition) is 1. The van der Waals surface area contributed by atoms with Crippen LogP contribution in [0.2, 0.25) is 0 Å². The van der Waals surface area contributed by atoms with Gasteiger partial charge < -0.3 is 9.88 Å². The Labute approximate surface area is 186 Å². The number of aromatic nitrogens is 3. The fourth-order valence-corrected chi connectivity index (χ4v) is 5.51. The lowest BCUT2D eigenvalue weighted by atomic mass is 9.97. The first-order valence-corrected chi connectivity index (χ1v) is 12.1. The van der Waals surface area contributed by atoms with Crippen molar-refractivity contribution in [2.75, 3.05) is 5.32 Å². The maximum absolute atomic E-state index is 11.8. The molecule has 2 aromatic heterocycles. The fraction of sp³-hybridized carbons (Fsp3) is 0.400. The normalized spacial score (nSPS) is 15.8. The standard InChI is InChI=1S/C25H28N4OS/c1-17(30)19-10-12-21-23(14-19)29(16-26-21)15-18-9-11-22-24(13-18)31-25(28-22)27-20-7-5-3-2-4-6-8-20/h9-14,16,20H,2-8,15H2,1H3,(H,27,28). The van der Waals surface area contributed by atoms with Crippen LogP contribution in [0.5, 0.6) is 0 Å². The van der Waals surface area contributed by atoms with Gasteiger partial charge in [0.05, 0.1) is 27.6 Å². The summed E-state index contributed by atoms with van der Waals surface area (Å²) >= 11 is 1.75. The molecule has 1 N–H and O–H groups in total. The first kappa shape index (κ1) is 20.2. The molecule has 160 valence electrons. The SMILES string of the molecule is CC(=O)c1ccc2ncn(Cc3ccc4nc(NC5CCCCCCC5)sc4c3)c2c1. The number of rotatable bonds is 5. The zero-order valence-electron chi connectivity index (χ0n) is 17.9. The maximum Gasteiger partial charge on any atom is 0.184 e. The lowest BCUT2D eigenvalue weighted by molar-refractivity contribution is 0.101. The van der Waals surface area contributed by atoms with E-state index in [1.165, 1.54) is 55.2 Å². The summed E-state index contributed by atoms with van der Waals surface area (Å²) in [7, 11) is 0. The highest BCUT2D eigenvalue weighted by atomic mass is 32.1. The van der Waals surface area contributed by atoms with Gasteiger partial charge in [0.25, 0.3) is 0 Å². The first-order chi connectivity index (χ1) is 15.2. The van der Waals surface area contributed by atoms with Gasteiger partial charge in [-0.25, -0.2) is 9.97 Å². The number of benzene rings is 2. The summed E-state index contributed by atoms with van der Waals surface area (Å²) in [5.41, 5.74) is 4.88. The molecular formula is C25H28N4OS. The van der Waals surface area contributed by atoms with Crippen LogP contribution in [0.1, 0.15) is 67.8 Å². The third-order valence-corrected chi connectivity index (χ3v) is 7.22. The van der Waals surface area contributed by atoms with Crippen molar-refractivity contribution in [2.24, 2.45) is 0 Å². The van der Waals surface area contributed by atoms with Crippen LogP contribution in [-0.4, -0.2) is 26.4 Å². The molecule has 0 amide bonds. The molecule has 4 aromatic rings. The number of Topliss-reactive ketones (excluding diaryl/α,β-unsaturated/α-hetero) is 1. The minimum Gasteiger partial charge on any atom is -0.359 e. The number of fused-ring (bicyclic) bond motifs is 2. The summed E-state index contributed by atoms with van der Waals surface area (Å²) in [5.74, 6) is 0.0741. The molecule has 2 aromatic carbocycles. The molecule has 0 spiro atoms. The number of ketones is 1. The predicted octanol–water partition coefficient (Wildman–Crippen LogP) is 6.42. The number of carbonyl (C=O) groups is 1. The van der Waals surface area contributed by atoms with E-state index in [9.17, 15) is 4.79 Å². The van der Waals surface area contributed by atoms with Crippen LogP contribution in [-0.2, 0) is 6.54 Å². The van der Waals surface area contributed by atoms with Gasteiger partial charge in [0.1, 0.15) is 0 Å². The third kappa shape index (κ3) is 4.49. The lowest BCUT2D eigenvalue weighted by Gasteiger charge is -2.20. The second kappa shape index (κ2) is 8.79. The molecule has 0 radical (unpaired) electrons. The molecule has 5 rings (SSSR count). The zero-order chi connectivity index (χ0) is 21.2. The number of imidazole rings is 1. The Morgan fingerprint density at radius 3 is 2.65 bits per heavy atom. The number of hydrogen-bond acceptors (Lipinski definition) is 5. The summed E-state index contributed by atoms with van der Waals surface area (Å²) in [4.78, 5) is 21.1. The van der Waals surface area contributed by atoms with Gasteiger partial charge in [-0.3, -0.25) is 4.79 Å². The zero-order valence-corrected chi connectivity index (χ0v) is 18.8. The van der Waals surface area contributed by atoms with Crippen molar-refractivity contribution in [1.29, 1.82) is 0 Å². The highest BCUT2D eigenvalue weighted by molar-refractivity contribution is 7.22. The molecular weight excluding hydrogens is 404 g/mol. The van der Waals surface area contributed by atoms with Crippen LogP contribution < -0.4 is 5.32 Å². The minimum absolute atomic E-state index is 0.0741. The van der Waals surface area contributed by atoms with Gasteiger partial charge in [-0.1, -0.05) is 49.5 Å². The van der Waals surface area contributed by atoms with Gasteiger partial charge in [-0.2, -0.15) is 0 Å². The van der Waals surface area contributed by atoms with E-state index >= 15 is 0 Å². The van der Waals surface area contributed by atoms with E-state index in [1.54, 1.807) is 18.3 Å². The summed E-state index contributed by atoms with van der Waals surface area (Å²) < 4.78 is 3.32. The number of nitrogens with one attached hydrogen (secondary N) is 1. The van der Waals surface area contributed by atoms with Crippen LogP contribution in [0.15, 0.2) is 42.7 Å². The van der Waals surface area contributed by atoms with E-state index in [0.29, 0.717) is 6.04 Å². The number of carbonyl (C=O) groups excluding carboxylic acids is 1. The number of thiazole rings is 1. The van der Waals surface area contributed by atoms with Crippen molar-refractivity contribution in [2.45, 2.75) is 64.5 Å². The van der Waals surface area contributed by atoms with Crippen LogP contribution in [0.25, 0.3) is 21.3 Å². The molecule has 1 aliphatic rings. The molecule has 1 fully saturated rings. The molecule has 1 saturated carbocycles. The van der Waals surface area contributed by atoms with Crippen LogP contribution in [0, 0.1) is 0 Å². The fourth-order valence-electron chi connectivity index (χ4n) is 4.50. The van der Waals surface area contributed by atoms with E-state index < -0.39 is 0 Å². The topological polar surface area (TPSA) is 59.8 Å². The Bertz CT molecular complexity index is 1220. The van der Waals surface area contributed by atoms with E-state index in [0.717, 1.165) is 33.8 Å². The van der Waals surface area contributed by atoms with E-state index in [-0.39, 0.29) is 5.78 Å². The van der Waals surface area contributed by atoms with Gasteiger partial charge in [0, 0.05) is 18.2 Å². The van der Waals surface area contributed by atoms with Crippen LogP contribution >= 0.6 is 11.3 Å². The van der Waals surface area contributed by atoms with E-state index in [1.807, 2.05) is 24.5 Å². The second-order valence-electron chi connectivity index (χ2n) is 8.64. The quantitative estimate of drug-likeness (QED) is 0.370. The van der Waals surface area contributed by atoms with Gasteiger partial charge in [0.15, 0.2) is 10.9 Å².